The molecule has 0 spiro atoms. The Hall–Kier alpha value is -1.61. The molecule has 1 rings (SSSR count). The molecule has 0 bridgehead atoms. The van der Waals surface area contributed by atoms with Crippen molar-refractivity contribution in [1.82, 2.24) is 5.32 Å². The smallest absolute Gasteiger partial charge is 0.435 e. The maximum Gasteiger partial charge on any atom is 0.471 e. The van der Waals surface area contributed by atoms with Crippen LogP contribution in [-0.4, -0.2) is 41.6 Å². The zero-order valence-electron chi connectivity index (χ0n) is 10.7. The molecule has 0 aromatic rings. The maximum atomic E-state index is 12.2. The van der Waals surface area contributed by atoms with Crippen LogP contribution in [0.4, 0.5) is 13.2 Å². The number of carbonyl (C=O) groups excluding carboxylic acids is 2. The van der Waals surface area contributed by atoms with Gasteiger partial charge in [-0.15, -0.1) is 0 Å². The third kappa shape index (κ3) is 4.49. The summed E-state index contributed by atoms with van der Waals surface area (Å²) < 4.78 is 46.3. The summed E-state index contributed by atoms with van der Waals surface area (Å²) in [5, 5.41) is 11.1. The van der Waals surface area contributed by atoms with Crippen molar-refractivity contribution in [2.24, 2.45) is 0 Å². The highest BCUT2D eigenvalue weighted by Gasteiger charge is 2.42. The number of aliphatic hydroxyl groups excluding tert-OH is 1. The summed E-state index contributed by atoms with van der Waals surface area (Å²) >= 11 is 0. The molecule has 114 valence electrons. The topological polar surface area (TPSA) is 84.9 Å². The van der Waals surface area contributed by atoms with Crippen molar-refractivity contribution in [2.45, 2.75) is 44.9 Å². The number of esters is 1. The molecule has 0 aliphatic carbocycles. The van der Waals surface area contributed by atoms with Crippen molar-refractivity contribution < 1.29 is 37.3 Å². The normalized spacial score (nSPS) is 29.1. The average Bonchev–Trinajstić information content (AvgIpc) is 2.25. The van der Waals surface area contributed by atoms with Crippen LogP contribution in [0.25, 0.3) is 0 Å². The van der Waals surface area contributed by atoms with Crippen LogP contribution in [0.5, 0.6) is 0 Å². The zero-order chi connectivity index (χ0) is 15.5. The molecule has 2 N–H and O–H groups in total. The van der Waals surface area contributed by atoms with Crippen molar-refractivity contribution in [3.05, 3.63) is 11.8 Å². The number of hydrogen-bond donors (Lipinski definition) is 2. The lowest BCUT2D eigenvalue weighted by Gasteiger charge is -2.34. The van der Waals surface area contributed by atoms with Crippen LogP contribution in [0.2, 0.25) is 0 Å². The molecular formula is C11H14F3NO5. The number of alkyl halides is 3. The average molecular weight is 297 g/mol. The largest absolute Gasteiger partial charge is 0.471 e. The second-order valence-electron chi connectivity index (χ2n) is 4.22. The van der Waals surface area contributed by atoms with Crippen LogP contribution in [0.1, 0.15) is 20.3 Å². The molecule has 0 aromatic carbocycles. The lowest BCUT2D eigenvalue weighted by Crippen LogP contribution is -2.50. The quantitative estimate of drug-likeness (QED) is 0.576. The lowest BCUT2D eigenvalue weighted by atomic mass is 9.97. The summed E-state index contributed by atoms with van der Waals surface area (Å²) in [4.78, 5) is 21.7. The van der Waals surface area contributed by atoms with Crippen molar-refractivity contribution >= 4 is 11.9 Å². The number of halogens is 3. The van der Waals surface area contributed by atoms with E-state index in [4.69, 9.17) is 4.74 Å². The van der Waals surface area contributed by atoms with Gasteiger partial charge in [-0.2, -0.15) is 13.2 Å². The molecule has 20 heavy (non-hydrogen) atoms. The highest BCUT2D eigenvalue weighted by molar-refractivity contribution is 5.82. The minimum absolute atomic E-state index is 0.128. The summed E-state index contributed by atoms with van der Waals surface area (Å²) in [6.07, 6.45) is -6.52. The molecule has 0 radical (unpaired) electrons. The van der Waals surface area contributed by atoms with Gasteiger partial charge in [0.2, 0.25) is 0 Å². The minimum Gasteiger partial charge on any atom is -0.435 e. The van der Waals surface area contributed by atoms with Crippen LogP contribution in [0, 0.1) is 0 Å². The summed E-state index contributed by atoms with van der Waals surface area (Å²) in [7, 11) is 0. The van der Waals surface area contributed by atoms with Crippen LogP contribution < -0.4 is 5.32 Å². The first-order chi connectivity index (χ1) is 9.11. The van der Waals surface area contributed by atoms with Crippen molar-refractivity contribution in [2.75, 3.05) is 0 Å². The molecule has 0 saturated carbocycles. The van der Waals surface area contributed by atoms with Crippen molar-refractivity contribution in [3.8, 4) is 0 Å². The van der Waals surface area contributed by atoms with E-state index in [1.807, 2.05) is 0 Å². The molecule has 9 heteroatoms. The zero-order valence-corrected chi connectivity index (χ0v) is 10.7. The van der Waals surface area contributed by atoms with E-state index in [0.29, 0.717) is 0 Å². The third-order valence-electron chi connectivity index (χ3n) is 2.59. The molecule has 6 nitrogen and oxygen atoms in total. The van der Waals surface area contributed by atoms with Gasteiger partial charge in [0.1, 0.15) is 0 Å². The monoisotopic (exact) mass is 297 g/mol. The minimum atomic E-state index is -5.04. The molecule has 3 atom stereocenters. The first kappa shape index (κ1) is 16.4. The Labute approximate surface area is 112 Å². The highest BCUT2D eigenvalue weighted by Crippen LogP contribution is 2.25. The van der Waals surface area contributed by atoms with E-state index in [0.717, 1.165) is 13.2 Å². The number of rotatable bonds is 2. The number of nitrogens with one attached hydrogen (secondary N) is 1. The first-order valence-electron chi connectivity index (χ1n) is 5.69. The predicted molar refractivity (Wildman–Crippen MR) is 59.0 cm³/mol. The maximum absolute atomic E-state index is 12.2. The summed E-state index contributed by atoms with van der Waals surface area (Å²) in [5.74, 6) is -2.81. The van der Waals surface area contributed by atoms with E-state index in [9.17, 15) is 27.9 Å². The Morgan fingerprint density at radius 2 is 2.10 bits per heavy atom. The van der Waals surface area contributed by atoms with Gasteiger partial charge in [-0.05, 0) is 6.92 Å². The molecule has 1 amide bonds. The van der Waals surface area contributed by atoms with Gasteiger partial charge in [0, 0.05) is 18.9 Å². The van der Waals surface area contributed by atoms with E-state index in [-0.39, 0.29) is 12.0 Å². The van der Waals surface area contributed by atoms with Gasteiger partial charge in [0.25, 0.3) is 0 Å². The fourth-order valence-electron chi connectivity index (χ4n) is 1.70. The van der Waals surface area contributed by atoms with Crippen LogP contribution >= 0.6 is 0 Å². The Morgan fingerprint density at radius 1 is 1.50 bits per heavy atom. The third-order valence-corrected chi connectivity index (χ3v) is 2.59. The van der Waals surface area contributed by atoms with E-state index in [2.05, 4.69) is 4.74 Å². The number of carbonyl (C=O) groups is 2. The van der Waals surface area contributed by atoms with E-state index >= 15 is 0 Å². The fourth-order valence-corrected chi connectivity index (χ4v) is 1.70. The molecule has 1 saturated heterocycles. The standard InChI is InChI=1S/C11H14F3NO5/c1-5-7(4-19-6(2)16)8(3-9(17)20-5)15-10(18)11(12,13)14/h4-5,8-9,17H,3H2,1-2H3,(H,15,18)/b7-4-/t5-,8-,9+/m0/s1. The molecule has 1 heterocycles. The van der Waals surface area contributed by atoms with E-state index < -0.39 is 36.5 Å². The molecular weight excluding hydrogens is 283 g/mol. The van der Waals surface area contributed by atoms with Crippen LogP contribution in [0.3, 0.4) is 0 Å². The van der Waals surface area contributed by atoms with Gasteiger partial charge < -0.3 is 19.9 Å². The van der Waals surface area contributed by atoms with Gasteiger partial charge in [-0.3, -0.25) is 9.59 Å². The lowest BCUT2D eigenvalue weighted by molar-refractivity contribution is -0.177. The molecule has 1 fully saturated rings. The van der Waals surface area contributed by atoms with Crippen LogP contribution in [-0.2, 0) is 19.1 Å². The summed E-state index contributed by atoms with van der Waals surface area (Å²) in [6, 6.07) is -1.14. The van der Waals surface area contributed by atoms with Crippen LogP contribution in [0.15, 0.2) is 11.8 Å². The summed E-state index contributed by atoms with van der Waals surface area (Å²) in [5.41, 5.74) is 0.128. The van der Waals surface area contributed by atoms with Gasteiger partial charge in [0.05, 0.1) is 18.4 Å². The number of aliphatic hydroxyl groups is 1. The van der Waals surface area contributed by atoms with Gasteiger partial charge in [-0.1, -0.05) is 0 Å². The predicted octanol–water partition coefficient (Wildman–Crippen LogP) is 0.608. The van der Waals surface area contributed by atoms with E-state index in [1.54, 1.807) is 5.32 Å². The van der Waals surface area contributed by atoms with Crippen molar-refractivity contribution in [3.63, 3.8) is 0 Å². The van der Waals surface area contributed by atoms with Crippen molar-refractivity contribution in [1.29, 1.82) is 0 Å². The molecule has 0 aromatic heterocycles. The molecule has 1 aliphatic heterocycles. The van der Waals surface area contributed by atoms with E-state index in [1.165, 1.54) is 6.92 Å². The highest BCUT2D eigenvalue weighted by atomic mass is 19.4. The molecule has 0 unspecified atom stereocenters. The fraction of sp³-hybridized carbons (Fsp3) is 0.636. The Kier molecular flexibility index (Phi) is 5.12. The van der Waals surface area contributed by atoms with Gasteiger partial charge in [0.15, 0.2) is 6.29 Å². The molecule has 1 aliphatic rings. The summed E-state index contributed by atoms with van der Waals surface area (Å²) in [6.45, 7) is 2.56. The van der Waals surface area contributed by atoms with Gasteiger partial charge in [-0.25, -0.2) is 0 Å². The Morgan fingerprint density at radius 3 is 2.60 bits per heavy atom. The number of amides is 1. The number of hydrogen-bond acceptors (Lipinski definition) is 5. The van der Waals surface area contributed by atoms with Gasteiger partial charge >= 0.3 is 18.1 Å². The SMILES string of the molecule is CC(=O)O/C=C1\[C@@H](NC(=O)C(F)(F)F)C[C@H](O)O[C@H]1C. The Balaban J connectivity index is 2.89. The second-order valence-corrected chi connectivity index (χ2v) is 4.22. The first-order valence-corrected chi connectivity index (χ1v) is 5.69. The number of ether oxygens (including phenoxy) is 2. The Bertz CT molecular complexity index is 421. The second kappa shape index (κ2) is 6.23.